The van der Waals surface area contributed by atoms with E-state index in [-0.39, 0.29) is 12.6 Å². The molecule has 6 heteroatoms. The Morgan fingerprint density at radius 1 is 1.26 bits per heavy atom. The molecule has 0 amide bonds. The van der Waals surface area contributed by atoms with E-state index in [1.807, 2.05) is 0 Å². The van der Waals surface area contributed by atoms with Gasteiger partial charge in [-0.2, -0.15) is 0 Å². The molecule has 3 rings (SSSR count). The van der Waals surface area contributed by atoms with Crippen LogP contribution in [0, 0.1) is 0 Å². The van der Waals surface area contributed by atoms with Gasteiger partial charge in [-0.1, -0.05) is 6.07 Å². The number of anilines is 1. The van der Waals surface area contributed by atoms with Gasteiger partial charge in [-0.25, -0.2) is 4.98 Å². The number of nitrogens with zero attached hydrogens (tertiary/aromatic N) is 4. The van der Waals surface area contributed by atoms with Crippen molar-refractivity contribution in [2.75, 3.05) is 38.1 Å². The maximum absolute atomic E-state index is 11.1. The molecule has 23 heavy (non-hydrogen) atoms. The highest BCUT2D eigenvalue weighted by Crippen LogP contribution is 2.28. The highest BCUT2D eigenvalue weighted by Gasteiger charge is 2.20. The van der Waals surface area contributed by atoms with E-state index in [1.165, 1.54) is 12.6 Å². The fourth-order valence-electron chi connectivity index (χ4n) is 3.11. The standard InChI is InChI=1S/C17H24N4O2/c1-4-21-15-7-5-6-14(20-10-8-19(3)9-11-20)17(15)18-16(21)12-23-13(2)22/h5-7H,4,8-12H2,1-3H3. The van der Waals surface area contributed by atoms with Gasteiger partial charge in [0, 0.05) is 39.6 Å². The summed E-state index contributed by atoms with van der Waals surface area (Å²) in [6.45, 7) is 8.67. The Morgan fingerprint density at radius 3 is 2.65 bits per heavy atom. The number of piperazine rings is 1. The molecule has 1 fully saturated rings. The summed E-state index contributed by atoms with van der Waals surface area (Å²) in [7, 11) is 2.15. The van der Waals surface area contributed by atoms with Crippen LogP contribution in [0.15, 0.2) is 18.2 Å². The lowest BCUT2D eigenvalue weighted by atomic mass is 10.2. The fraction of sp³-hybridized carbons (Fsp3) is 0.529. The van der Waals surface area contributed by atoms with E-state index in [4.69, 9.17) is 9.72 Å². The van der Waals surface area contributed by atoms with E-state index in [1.54, 1.807) is 0 Å². The molecule has 0 saturated carbocycles. The lowest BCUT2D eigenvalue weighted by Gasteiger charge is -2.34. The van der Waals surface area contributed by atoms with E-state index < -0.39 is 0 Å². The van der Waals surface area contributed by atoms with Crippen molar-refractivity contribution in [2.24, 2.45) is 0 Å². The third-order valence-corrected chi connectivity index (χ3v) is 4.40. The maximum Gasteiger partial charge on any atom is 0.303 e. The van der Waals surface area contributed by atoms with Crippen molar-refractivity contribution < 1.29 is 9.53 Å². The van der Waals surface area contributed by atoms with Gasteiger partial charge in [-0.05, 0) is 26.1 Å². The number of aryl methyl sites for hydroxylation is 1. The van der Waals surface area contributed by atoms with Gasteiger partial charge in [-0.15, -0.1) is 0 Å². The molecule has 2 aromatic rings. The number of esters is 1. The predicted octanol–water partition coefficient (Wildman–Crippen LogP) is 1.87. The summed E-state index contributed by atoms with van der Waals surface area (Å²) in [6.07, 6.45) is 0. The molecule has 0 bridgehead atoms. The molecule has 0 unspecified atom stereocenters. The number of aromatic nitrogens is 2. The van der Waals surface area contributed by atoms with Gasteiger partial charge in [0.15, 0.2) is 0 Å². The molecule has 2 heterocycles. The van der Waals surface area contributed by atoms with Crippen molar-refractivity contribution in [3.8, 4) is 0 Å². The highest BCUT2D eigenvalue weighted by molar-refractivity contribution is 5.89. The zero-order chi connectivity index (χ0) is 16.4. The zero-order valence-electron chi connectivity index (χ0n) is 14.1. The number of fused-ring (bicyclic) bond motifs is 1. The predicted molar refractivity (Wildman–Crippen MR) is 90.6 cm³/mol. The number of carbonyl (C=O) groups excluding carboxylic acids is 1. The van der Waals surface area contributed by atoms with Crippen LogP contribution in [0.2, 0.25) is 0 Å². The third-order valence-electron chi connectivity index (χ3n) is 4.40. The first-order chi connectivity index (χ1) is 11.1. The molecule has 1 aromatic carbocycles. The van der Waals surface area contributed by atoms with E-state index in [0.717, 1.165) is 49.6 Å². The quantitative estimate of drug-likeness (QED) is 0.806. The molecule has 0 atom stereocenters. The highest BCUT2D eigenvalue weighted by atomic mass is 16.5. The number of hydrogen-bond acceptors (Lipinski definition) is 5. The first-order valence-corrected chi connectivity index (χ1v) is 8.15. The Bertz CT molecular complexity index is 702. The lowest BCUT2D eigenvalue weighted by molar-refractivity contribution is -0.142. The van der Waals surface area contributed by atoms with E-state index in [2.05, 4.69) is 46.5 Å². The number of imidazole rings is 1. The normalized spacial score (nSPS) is 16.0. The van der Waals surface area contributed by atoms with Crippen LogP contribution in [-0.2, 0) is 22.7 Å². The number of para-hydroxylation sites is 1. The van der Waals surface area contributed by atoms with Crippen molar-refractivity contribution in [3.05, 3.63) is 24.0 Å². The second-order valence-electron chi connectivity index (χ2n) is 5.99. The van der Waals surface area contributed by atoms with Crippen LogP contribution in [0.1, 0.15) is 19.7 Å². The number of carbonyl (C=O) groups is 1. The van der Waals surface area contributed by atoms with Crippen LogP contribution in [-0.4, -0.2) is 53.6 Å². The van der Waals surface area contributed by atoms with Crippen LogP contribution in [0.4, 0.5) is 5.69 Å². The van der Waals surface area contributed by atoms with Gasteiger partial charge in [0.1, 0.15) is 17.9 Å². The number of ether oxygens (including phenoxy) is 1. The second kappa shape index (κ2) is 6.58. The number of likely N-dealkylation sites (N-methyl/N-ethyl adjacent to an activating group) is 1. The molecule has 124 valence electrons. The van der Waals surface area contributed by atoms with Gasteiger partial charge < -0.3 is 19.1 Å². The van der Waals surface area contributed by atoms with Crippen molar-refractivity contribution in [3.63, 3.8) is 0 Å². The Labute approximate surface area is 136 Å². The third kappa shape index (κ3) is 3.17. The molecule has 0 spiro atoms. The Hall–Kier alpha value is -2.08. The number of benzene rings is 1. The van der Waals surface area contributed by atoms with Crippen LogP contribution in [0.5, 0.6) is 0 Å². The summed E-state index contributed by atoms with van der Waals surface area (Å²) in [5.41, 5.74) is 3.28. The second-order valence-corrected chi connectivity index (χ2v) is 5.99. The molecule has 1 aromatic heterocycles. The smallest absolute Gasteiger partial charge is 0.303 e. The minimum absolute atomic E-state index is 0.222. The maximum atomic E-state index is 11.1. The van der Waals surface area contributed by atoms with Crippen molar-refractivity contribution >= 4 is 22.7 Å². The molecule has 6 nitrogen and oxygen atoms in total. The van der Waals surface area contributed by atoms with Crippen molar-refractivity contribution in [1.29, 1.82) is 0 Å². The molecule has 0 aliphatic carbocycles. The summed E-state index contributed by atoms with van der Waals surface area (Å²) in [6, 6.07) is 6.30. The Morgan fingerprint density at radius 2 is 2.00 bits per heavy atom. The average molecular weight is 316 g/mol. The largest absolute Gasteiger partial charge is 0.458 e. The molecule has 1 aliphatic rings. The summed E-state index contributed by atoms with van der Waals surface area (Å²) >= 11 is 0. The van der Waals surface area contributed by atoms with Gasteiger partial charge in [0.05, 0.1) is 11.2 Å². The molecular formula is C17H24N4O2. The van der Waals surface area contributed by atoms with E-state index in [0.29, 0.717) is 0 Å². The zero-order valence-corrected chi connectivity index (χ0v) is 14.1. The van der Waals surface area contributed by atoms with Crippen LogP contribution >= 0.6 is 0 Å². The van der Waals surface area contributed by atoms with Gasteiger partial charge >= 0.3 is 5.97 Å². The van der Waals surface area contributed by atoms with Gasteiger partial charge in [0.2, 0.25) is 0 Å². The van der Waals surface area contributed by atoms with Gasteiger partial charge in [0.25, 0.3) is 0 Å². The minimum atomic E-state index is -0.279. The van der Waals surface area contributed by atoms with Gasteiger partial charge in [-0.3, -0.25) is 4.79 Å². The monoisotopic (exact) mass is 316 g/mol. The van der Waals surface area contributed by atoms with Crippen LogP contribution < -0.4 is 4.90 Å². The fourth-order valence-corrected chi connectivity index (χ4v) is 3.11. The molecule has 0 radical (unpaired) electrons. The molecular weight excluding hydrogens is 292 g/mol. The van der Waals surface area contributed by atoms with Crippen molar-refractivity contribution in [2.45, 2.75) is 27.0 Å². The summed E-state index contributed by atoms with van der Waals surface area (Å²) in [4.78, 5) is 20.6. The van der Waals surface area contributed by atoms with Crippen LogP contribution in [0.3, 0.4) is 0 Å². The topological polar surface area (TPSA) is 50.6 Å². The summed E-state index contributed by atoms with van der Waals surface area (Å²) in [5, 5.41) is 0. The first-order valence-electron chi connectivity index (χ1n) is 8.15. The number of hydrogen-bond donors (Lipinski definition) is 0. The average Bonchev–Trinajstić information content (AvgIpc) is 2.91. The molecule has 0 N–H and O–H groups in total. The summed E-state index contributed by atoms with van der Waals surface area (Å²) < 4.78 is 7.28. The minimum Gasteiger partial charge on any atom is -0.458 e. The Kier molecular flexibility index (Phi) is 4.52. The number of rotatable bonds is 4. The Balaban J connectivity index is 1.98. The van der Waals surface area contributed by atoms with Crippen LogP contribution in [0.25, 0.3) is 11.0 Å². The van der Waals surface area contributed by atoms with E-state index >= 15 is 0 Å². The lowest BCUT2D eigenvalue weighted by Crippen LogP contribution is -2.44. The molecule has 1 aliphatic heterocycles. The first kappa shape index (κ1) is 15.8. The van der Waals surface area contributed by atoms with E-state index in [9.17, 15) is 4.79 Å². The summed E-state index contributed by atoms with van der Waals surface area (Å²) in [5.74, 6) is 0.526. The molecule has 1 saturated heterocycles. The SMILES string of the molecule is CCn1c(COC(C)=O)nc2c(N3CCN(C)CC3)cccc21. The van der Waals surface area contributed by atoms with Crippen molar-refractivity contribution in [1.82, 2.24) is 14.5 Å².